The van der Waals surface area contributed by atoms with E-state index in [0.29, 0.717) is 11.4 Å². The number of nitrogens with one attached hydrogen (secondary N) is 2. The predicted octanol–water partition coefficient (Wildman–Crippen LogP) is 2.36. The number of fused-ring (bicyclic) bond motifs is 1. The maximum absolute atomic E-state index is 12.2. The zero-order chi connectivity index (χ0) is 14.2. The van der Waals surface area contributed by atoms with Gasteiger partial charge in [-0.25, -0.2) is 0 Å². The largest absolute Gasteiger partial charge is 0.324 e. The highest BCUT2D eigenvalue weighted by molar-refractivity contribution is 8.00. The Labute approximate surface area is 133 Å². The minimum absolute atomic E-state index is 0. The number of hydrogen-bond acceptors (Lipinski definition) is 4. The van der Waals surface area contributed by atoms with Crippen LogP contribution in [-0.2, 0) is 9.59 Å². The average molecular weight is 328 g/mol. The summed E-state index contributed by atoms with van der Waals surface area (Å²) in [7, 11) is 0. The second-order valence-corrected chi connectivity index (χ2v) is 6.38. The zero-order valence-electron chi connectivity index (χ0n) is 11.5. The van der Waals surface area contributed by atoms with Gasteiger partial charge in [-0.3, -0.25) is 9.59 Å². The fourth-order valence-electron chi connectivity index (χ4n) is 2.65. The molecule has 2 amide bonds. The lowest BCUT2D eigenvalue weighted by Gasteiger charge is -2.23. The summed E-state index contributed by atoms with van der Waals surface area (Å²) in [5.74, 6) is 0.284. The van der Waals surface area contributed by atoms with Crippen molar-refractivity contribution in [1.29, 1.82) is 0 Å². The zero-order valence-corrected chi connectivity index (χ0v) is 13.1. The molecule has 0 aromatic heterocycles. The van der Waals surface area contributed by atoms with Gasteiger partial charge in [0.25, 0.3) is 0 Å². The van der Waals surface area contributed by atoms with Crippen molar-refractivity contribution >= 4 is 47.4 Å². The van der Waals surface area contributed by atoms with Gasteiger partial charge in [0.15, 0.2) is 0 Å². The topological polar surface area (TPSA) is 84.2 Å². The molecule has 0 spiro atoms. The highest BCUT2D eigenvalue weighted by Crippen LogP contribution is 2.34. The Morgan fingerprint density at radius 2 is 2.05 bits per heavy atom. The Balaban J connectivity index is 0.00000161. The van der Waals surface area contributed by atoms with Crippen LogP contribution in [0, 0.1) is 0 Å². The molecule has 0 atom stereocenters. The first-order valence-corrected chi connectivity index (χ1v) is 7.72. The van der Waals surface area contributed by atoms with Crippen LogP contribution in [0.15, 0.2) is 23.1 Å². The van der Waals surface area contributed by atoms with Crippen molar-refractivity contribution in [3.8, 4) is 0 Å². The molecule has 0 bridgehead atoms. The molecule has 2 aliphatic rings. The van der Waals surface area contributed by atoms with E-state index in [1.54, 1.807) is 6.07 Å². The van der Waals surface area contributed by atoms with Gasteiger partial charge in [0.05, 0.1) is 17.0 Å². The van der Waals surface area contributed by atoms with Gasteiger partial charge in [-0.15, -0.1) is 24.2 Å². The van der Waals surface area contributed by atoms with Gasteiger partial charge in [-0.1, -0.05) is 12.8 Å². The van der Waals surface area contributed by atoms with Crippen molar-refractivity contribution in [2.75, 3.05) is 16.4 Å². The van der Waals surface area contributed by atoms with Crippen LogP contribution in [0.5, 0.6) is 0 Å². The molecule has 1 fully saturated rings. The molecular weight excluding hydrogens is 310 g/mol. The first-order chi connectivity index (χ1) is 9.57. The summed E-state index contributed by atoms with van der Waals surface area (Å²) in [6, 6.07) is 5.54. The number of halogens is 1. The molecular formula is C14H18ClN3O2S. The highest BCUT2D eigenvalue weighted by atomic mass is 35.5. The molecule has 3 rings (SSSR count). The maximum atomic E-state index is 12.2. The normalized spacial score (nSPS) is 19.2. The summed E-state index contributed by atoms with van der Waals surface area (Å²) in [5, 5.41) is 5.68. The van der Waals surface area contributed by atoms with Crippen LogP contribution in [0.3, 0.4) is 0 Å². The van der Waals surface area contributed by atoms with Gasteiger partial charge < -0.3 is 16.4 Å². The SMILES string of the molecule is Cl.NC1(C(=O)Nc2ccc3c(c2)NC(=O)CS3)CCCC1. The molecule has 1 aliphatic carbocycles. The molecule has 5 nitrogen and oxygen atoms in total. The summed E-state index contributed by atoms with van der Waals surface area (Å²) in [4.78, 5) is 24.6. The van der Waals surface area contributed by atoms with Crippen molar-refractivity contribution in [3.05, 3.63) is 18.2 Å². The van der Waals surface area contributed by atoms with Crippen molar-refractivity contribution in [2.45, 2.75) is 36.1 Å². The van der Waals surface area contributed by atoms with Crippen LogP contribution in [0.1, 0.15) is 25.7 Å². The Bertz CT molecular complexity index is 573. The van der Waals surface area contributed by atoms with Crippen molar-refractivity contribution in [2.24, 2.45) is 5.73 Å². The molecule has 21 heavy (non-hydrogen) atoms. The number of amides is 2. The van der Waals surface area contributed by atoms with E-state index >= 15 is 0 Å². The molecule has 1 saturated carbocycles. The Kier molecular flexibility index (Phi) is 4.81. The molecule has 1 aromatic rings. The summed E-state index contributed by atoms with van der Waals surface area (Å²) in [6.45, 7) is 0. The highest BCUT2D eigenvalue weighted by Gasteiger charge is 2.37. The van der Waals surface area contributed by atoms with E-state index in [1.807, 2.05) is 12.1 Å². The van der Waals surface area contributed by atoms with E-state index in [0.717, 1.165) is 36.3 Å². The smallest absolute Gasteiger partial charge is 0.244 e. The predicted molar refractivity (Wildman–Crippen MR) is 87.1 cm³/mol. The summed E-state index contributed by atoms with van der Waals surface area (Å²) >= 11 is 1.50. The van der Waals surface area contributed by atoms with Gasteiger partial charge in [-0.05, 0) is 31.0 Å². The summed E-state index contributed by atoms with van der Waals surface area (Å²) < 4.78 is 0. The number of carbonyl (C=O) groups is 2. The van der Waals surface area contributed by atoms with Crippen LogP contribution in [0.25, 0.3) is 0 Å². The number of hydrogen-bond donors (Lipinski definition) is 3. The second kappa shape index (κ2) is 6.25. The van der Waals surface area contributed by atoms with E-state index in [4.69, 9.17) is 5.73 Å². The number of carbonyl (C=O) groups excluding carboxylic acids is 2. The van der Waals surface area contributed by atoms with E-state index in [1.165, 1.54) is 11.8 Å². The lowest BCUT2D eigenvalue weighted by molar-refractivity contribution is -0.121. The van der Waals surface area contributed by atoms with Crippen LogP contribution in [-0.4, -0.2) is 23.1 Å². The van der Waals surface area contributed by atoms with E-state index in [9.17, 15) is 9.59 Å². The second-order valence-electron chi connectivity index (χ2n) is 5.37. The van der Waals surface area contributed by atoms with Gasteiger partial charge in [0, 0.05) is 10.6 Å². The average Bonchev–Trinajstić information content (AvgIpc) is 2.86. The monoisotopic (exact) mass is 327 g/mol. The standard InChI is InChI=1S/C14H17N3O2S.ClH/c15-14(5-1-2-6-14)13(19)16-9-3-4-11-10(7-9)17-12(18)8-20-11;/h3-4,7H,1-2,5-6,8,15H2,(H,16,19)(H,17,18);1H. The molecule has 4 N–H and O–H groups in total. The van der Waals surface area contributed by atoms with Crippen molar-refractivity contribution < 1.29 is 9.59 Å². The van der Waals surface area contributed by atoms with Crippen molar-refractivity contribution in [3.63, 3.8) is 0 Å². The molecule has 1 aromatic carbocycles. The lowest BCUT2D eigenvalue weighted by atomic mass is 9.98. The van der Waals surface area contributed by atoms with Crippen LogP contribution < -0.4 is 16.4 Å². The van der Waals surface area contributed by atoms with Crippen LogP contribution in [0.4, 0.5) is 11.4 Å². The fraction of sp³-hybridized carbons (Fsp3) is 0.429. The lowest BCUT2D eigenvalue weighted by Crippen LogP contribution is -2.48. The number of benzene rings is 1. The van der Waals surface area contributed by atoms with Gasteiger partial charge in [0.1, 0.15) is 0 Å². The minimum atomic E-state index is -0.742. The van der Waals surface area contributed by atoms with Gasteiger partial charge in [0.2, 0.25) is 11.8 Å². The summed E-state index contributed by atoms with van der Waals surface area (Å²) in [6.07, 6.45) is 3.47. The molecule has 1 heterocycles. The van der Waals surface area contributed by atoms with Crippen LogP contribution in [0.2, 0.25) is 0 Å². The number of nitrogens with two attached hydrogens (primary N) is 1. The Morgan fingerprint density at radius 3 is 2.76 bits per heavy atom. The van der Waals surface area contributed by atoms with Gasteiger partial charge in [-0.2, -0.15) is 0 Å². The third-order valence-corrected chi connectivity index (χ3v) is 4.89. The molecule has 0 radical (unpaired) electrons. The molecule has 0 unspecified atom stereocenters. The molecule has 0 saturated heterocycles. The first-order valence-electron chi connectivity index (χ1n) is 6.74. The molecule has 1 aliphatic heterocycles. The van der Waals surface area contributed by atoms with E-state index in [-0.39, 0.29) is 24.2 Å². The quantitative estimate of drug-likeness (QED) is 0.778. The number of rotatable bonds is 2. The maximum Gasteiger partial charge on any atom is 0.244 e. The fourth-order valence-corrected chi connectivity index (χ4v) is 3.44. The third-order valence-electron chi connectivity index (χ3n) is 3.82. The molecule has 7 heteroatoms. The Morgan fingerprint density at radius 1 is 1.33 bits per heavy atom. The van der Waals surface area contributed by atoms with Gasteiger partial charge >= 0.3 is 0 Å². The number of anilines is 2. The Hall–Kier alpha value is -1.24. The van der Waals surface area contributed by atoms with Crippen LogP contribution >= 0.6 is 24.2 Å². The summed E-state index contributed by atoms with van der Waals surface area (Å²) in [5.41, 5.74) is 6.81. The third kappa shape index (κ3) is 3.33. The first kappa shape index (κ1) is 16.1. The molecule has 114 valence electrons. The minimum Gasteiger partial charge on any atom is -0.324 e. The number of thioether (sulfide) groups is 1. The van der Waals surface area contributed by atoms with E-state index in [2.05, 4.69) is 10.6 Å². The van der Waals surface area contributed by atoms with E-state index < -0.39 is 5.54 Å². The van der Waals surface area contributed by atoms with Crippen molar-refractivity contribution in [1.82, 2.24) is 0 Å².